The van der Waals surface area contributed by atoms with Crippen LogP contribution in [0.3, 0.4) is 0 Å². The Morgan fingerprint density at radius 3 is 0.731 bits per heavy atom. The predicted molar refractivity (Wildman–Crippen MR) is 289 cm³/mol. The number of unbranched alkanes of at least 4 members (excludes halogenated alkanes) is 40. The van der Waals surface area contributed by atoms with E-state index >= 15 is 0 Å². The molecule has 6 nitrogen and oxygen atoms in total. The minimum Gasteiger partial charge on any atom is -0.462 e. The van der Waals surface area contributed by atoms with E-state index in [1.54, 1.807) is 0 Å². The summed E-state index contributed by atoms with van der Waals surface area (Å²) in [5, 5.41) is 0. The van der Waals surface area contributed by atoms with E-state index < -0.39 is 6.10 Å². The first-order valence-electron chi connectivity index (χ1n) is 30.2. The summed E-state index contributed by atoms with van der Waals surface area (Å²) in [5.41, 5.74) is 0. The fourth-order valence-corrected chi connectivity index (χ4v) is 9.40. The Labute approximate surface area is 418 Å². The number of rotatable bonds is 55. The van der Waals surface area contributed by atoms with Gasteiger partial charge in [0.05, 0.1) is 0 Å². The molecule has 0 rings (SSSR count). The number of carbonyl (C=O) groups excluding carboxylic acids is 3. The molecule has 0 radical (unpaired) electrons. The Hall–Kier alpha value is -1.59. The average molecular weight is 948 g/mol. The standard InChI is InChI=1S/C61H118O6/c1-6-7-8-9-10-11-12-13-14-15-16-17-21-26-31-36-41-46-51-59(62)65-54-58(67-61(64)53-48-43-38-33-28-23-25-30-35-40-45-50-57(4)5)55-66-60(63)52-47-42-37-32-27-22-19-18-20-24-29-34-39-44-49-56(2)3/h56-58H,6-55H2,1-5H3/t58-/m0/s1. The van der Waals surface area contributed by atoms with Crippen molar-refractivity contribution >= 4 is 17.9 Å². The van der Waals surface area contributed by atoms with E-state index in [1.165, 1.54) is 231 Å². The summed E-state index contributed by atoms with van der Waals surface area (Å²) in [6.45, 7) is 11.4. The summed E-state index contributed by atoms with van der Waals surface area (Å²) in [6, 6.07) is 0. The Balaban J connectivity index is 4.28. The largest absolute Gasteiger partial charge is 0.462 e. The molecule has 398 valence electrons. The van der Waals surface area contributed by atoms with Gasteiger partial charge in [-0.2, -0.15) is 0 Å². The lowest BCUT2D eigenvalue weighted by Gasteiger charge is -2.18. The van der Waals surface area contributed by atoms with Gasteiger partial charge >= 0.3 is 17.9 Å². The van der Waals surface area contributed by atoms with Crippen molar-refractivity contribution in [1.29, 1.82) is 0 Å². The van der Waals surface area contributed by atoms with Gasteiger partial charge in [0.15, 0.2) is 6.10 Å². The summed E-state index contributed by atoms with van der Waals surface area (Å²) < 4.78 is 16.9. The first-order chi connectivity index (χ1) is 32.7. The fraction of sp³-hybridized carbons (Fsp3) is 0.951. The van der Waals surface area contributed by atoms with Gasteiger partial charge in [0.1, 0.15) is 13.2 Å². The smallest absolute Gasteiger partial charge is 0.306 e. The molecule has 0 bridgehead atoms. The Morgan fingerprint density at radius 1 is 0.284 bits per heavy atom. The molecule has 1 atom stereocenters. The van der Waals surface area contributed by atoms with Crippen LogP contribution in [0.1, 0.15) is 343 Å². The lowest BCUT2D eigenvalue weighted by atomic mass is 10.0. The number of esters is 3. The molecule has 0 N–H and O–H groups in total. The summed E-state index contributed by atoms with van der Waals surface area (Å²) in [4.78, 5) is 38.2. The van der Waals surface area contributed by atoms with Gasteiger partial charge in [-0.15, -0.1) is 0 Å². The van der Waals surface area contributed by atoms with Crippen LogP contribution in [0.25, 0.3) is 0 Å². The van der Waals surface area contributed by atoms with Gasteiger partial charge in [-0.1, -0.05) is 304 Å². The lowest BCUT2D eigenvalue weighted by molar-refractivity contribution is -0.167. The van der Waals surface area contributed by atoms with E-state index in [-0.39, 0.29) is 31.1 Å². The average Bonchev–Trinajstić information content (AvgIpc) is 3.30. The molecule has 0 unspecified atom stereocenters. The van der Waals surface area contributed by atoms with Crippen molar-refractivity contribution in [2.75, 3.05) is 13.2 Å². The van der Waals surface area contributed by atoms with Crippen LogP contribution in [0.2, 0.25) is 0 Å². The molecule has 6 heteroatoms. The van der Waals surface area contributed by atoms with Crippen molar-refractivity contribution in [3.8, 4) is 0 Å². The molecule has 0 aliphatic heterocycles. The highest BCUT2D eigenvalue weighted by Gasteiger charge is 2.19. The van der Waals surface area contributed by atoms with Gasteiger partial charge in [0, 0.05) is 19.3 Å². The van der Waals surface area contributed by atoms with E-state index in [9.17, 15) is 14.4 Å². The van der Waals surface area contributed by atoms with Gasteiger partial charge < -0.3 is 14.2 Å². The second-order valence-electron chi connectivity index (χ2n) is 21.9. The Bertz CT molecular complexity index is 1020. The summed E-state index contributed by atoms with van der Waals surface area (Å²) in [7, 11) is 0. The molecule has 0 aromatic carbocycles. The van der Waals surface area contributed by atoms with Gasteiger partial charge in [0.2, 0.25) is 0 Å². The van der Waals surface area contributed by atoms with Crippen LogP contribution in [0, 0.1) is 11.8 Å². The molecular weight excluding hydrogens is 829 g/mol. The molecule has 0 aliphatic carbocycles. The van der Waals surface area contributed by atoms with Gasteiger partial charge in [-0.3, -0.25) is 14.4 Å². The number of ether oxygens (including phenoxy) is 3. The quantitative estimate of drug-likeness (QED) is 0.0343. The maximum atomic E-state index is 12.9. The maximum Gasteiger partial charge on any atom is 0.306 e. The fourth-order valence-electron chi connectivity index (χ4n) is 9.40. The summed E-state index contributed by atoms with van der Waals surface area (Å²) in [5.74, 6) is 0.833. The van der Waals surface area contributed by atoms with Crippen molar-refractivity contribution < 1.29 is 28.6 Å². The highest BCUT2D eigenvalue weighted by molar-refractivity contribution is 5.71. The second-order valence-corrected chi connectivity index (χ2v) is 21.9. The summed E-state index contributed by atoms with van der Waals surface area (Å²) in [6.07, 6.45) is 58.1. The van der Waals surface area contributed by atoms with Crippen molar-refractivity contribution in [1.82, 2.24) is 0 Å². The zero-order valence-corrected chi connectivity index (χ0v) is 46.0. The summed E-state index contributed by atoms with van der Waals surface area (Å²) >= 11 is 0. The zero-order chi connectivity index (χ0) is 48.9. The second kappa shape index (κ2) is 53.8. The van der Waals surface area contributed by atoms with Crippen molar-refractivity contribution in [3.63, 3.8) is 0 Å². The Morgan fingerprint density at radius 2 is 0.493 bits per heavy atom. The molecule has 0 aromatic rings. The normalized spacial score (nSPS) is 12.0. The molecule has 0 amide bonds. The first-order valence-corrected chi connectivity index (χ1v) is 30.2. The van der Waals surface area contributed by atoms with Crippen LogP contribution in [0.5, 0.6) is 0 Å². The number of hydrogen-bond donors (Lipinski definition) is 0. The van der Waals surface area contributed by atoms with Crippen molar-refractivity contribution in [2.24, 2.45) is 11.8 Å². The van der Waals surface area contributed by atoms with Crippen LogP contribution in [-0.2, 0) is 28.6 Å². The monoisotopic (exact) mass is 947 g/mol. The van der Waals surface area contributed by atoms with E-state index in [0.29, 0.717) is 19.3 Å². The molecule has 0 saturated heterocycles. The predicted octanol–water partition coefficient (Wildman–Crippen LogP) is 20.0. The SMILES string of the molecule is CCCCCCCCCCCCCCCCCCCCC(=O)OC[C@@H](COC(=O)CCCCCCCCCCCCCCCCC(C)C)OC(=O)CCCCCCCCCCCCCC(C)C. The topological polar surface area (TPSA) is 78.9 Å². The molecule has 0 saturated carbocycles. The molecule has 0 aliphatic rings. The van der Waals surface area contributed by atoms with E-state index in [4.69, 9.17) is 14.2 Å². The van der Waals surface area contributed by atoms with Crippen LogP contribution in [-0.4, -0.2) is 37.2 Å². The minimum absolute atomic E-state index is 0.0624. The van der Waals surface area contributed by atoms with Gasteiger partial charge in [-0.05, 0) is 31.1 Å². The number of hydrogen-bond acceptors (Lipinski definition) is 6. The van der Waals surface area contributed by atoms with Crippen LogP contribution >= 0.6 is 0 Å². The van der Waals surface area contributed by atoms with Crippen LogP contribution < -0.4 is 0 Å². The third-order valence-electron chi connectivity index (χ3n) is 14.0. The van der Waals surface area contributed by atoms with E-state index in [2.05, 4.69) is 34.6 Å². The molecular formula is C61H118O6. The molecule has 67 heavy (non-hydrogen) atoms. The van der Waals surface area contributed by atoms with Gasteiger partial charge in [-0.25, -0.2) is 0 Å². The maximum absolute atomic E-state index is 12.9. The van der Waals surface area contributed by atoms with E-state index in [0.717, 1.165) is 69.6 Å². The molecule has 0 heterocycles. The molecule has 0 aromatic heterocycles. The van der Waals surface area contributed by atoms with Gasteiger partial charge in [0.25, 0.3) is 0 Å². The lowest BCUT2D eigenvalue weighted by Crippen LogP contribution is -2.30. The third-order valence-corrected chi connectivity index (χ3v) is 14.0. The van der Waals surface area contributed by atoms with Crippen molar-refractivity contribution in [3.05, 3.63) is 0 Å². The molecule has 0 spiro atoms. The molecule has 0 fully saturated rings. The highest BCUT2D eigenvalue weighted by atomic mass is 16.6. The van der Waals surface area contributed by atoms with Crippen molar-refractivity contribution in [2.45, 2.75) is 349 Å². The Kier molecular flexibility index (Phi) is 52.5. The third kappa shape index (κ3) is 55.2. The minimum atomic E-state index is -0.763. The highest BCUT2D eigenvalue weighted by Crippen LogP contribution is 2.18. The number of carbonyl (C=O) groups is 3. The zero-order valence-electron chi connectivity index (χ0n) is 46.0. The first kappa shape index (κ1) is 65.4. The van der Waals surface area contributed by atoms with Crippen LogP contribution in [0.15, 0.2) is 0 Å². The van der Waals surface area contributed by atoms with Crippen LogP contribution in [0.4, 0.5) is 0 Å². The van der Waals surface area contributed by atoms with E-state index in [1.807, 2.05) is 0 Å².